The van der Waals surface area contributed by atoms with Crippen LogP contribution in [0.4, 0.5) is 13.2 Å². The molecule has 0 aromatic carbocycles. The van der Waals surface area contributed by atoms with Crippen LogP contribution in [-0.2, 0) is 15.8 Å². The van der Waals surface area contributed by atoms with Crippen LogP contribution in [0.5, 0.6) is 0 Å². The van der Waals surface area contributed by atoms with Gasteiger partial charge in [0.05, 0.1) is 15.8 Å². The molecule has 2 rings (SSSR count). The highest BCUT2D eigenvalue weighted by atomic mass is 32.2. The SMILES string of the molecule is O=C1CCC(Sc2ccc(C(F)(F)F)cn2)C(=O)N1. The summed E-state index contributed by atoms with van der Waals surface area (Å²) in [6, 6.07) is 2.14. The Morgan fingerprint density at radius 1 is 1.32 bits per heavy atom. The number of nitrogens with one attached hydrogen (secondary N) is 1. The fraction of sp³-hybridized carbons (Fsp3) is 0.364. The number of hydrogen-bond donors (Lipinski definition) is 1. The minimum atomic E-state index is -4.43. The zero-order valence-corrected chi connectivity index (χ0v) is 10.3. The Labute approximate surface area is 110 Å². The van der Waals surface area contributed by atoms with Gasteiger partial charge in [0.1, 0.15) is 0 Å². The van der Waals surface area contributed by atoms with E-state index in [1.54, 1.807) is 0 Å². The van der Waals surface area contributed by atoms with Gasteiger partial charge in [0.2, 0.25) is 11.8 Å². The fourth-order valence-corrected chi connectivity index (χ4v) is 2.50. The predicted molar refractivity (Wildman–Crippen MR) is 61.3 cm³/mol. The van der Waals surface area contributed by atoms with E-state index in [9.17, 15) is 22.8 Å². The van der Waals surface area contributed by atoms with Crippen LogP contribution >= 0.6 is 11.8 Å². The van der Waals surface area contributed by atoms with Gasteiger partial charge in [-0.05, 0) is 18.6 Å². The molecule has 19 heavy (non-hydrogen) atoms. The second-order valence-electron chi connectivity index (χ2n) is 3.94. The normalized spacial score (nSPS) is 20.3. The molecular weight excluding hydrogens is 281 g/mol. The summed E-state index contributed by atoms with van der Waals surface area (Å²) in [5.41, 5.74) is -0.833. The molecule has 0 bridgehead atoms. The highest BCUT2D eigenvalue weighted by molar-refractivity contribution is 8.00. The predicted octanol–water partition coefficient (Wildman–Crippen LogP) is 2.00. The van der Waals surface area contributed by atoms with Crippen LogP contribution in [-0.4, -0.2) is 22.0 Å². The van der Waals surface area contributed by atoms with Crippen molar-refractivity contribution in [3.05, 3.63) is 23.9 Å². The smallest absolute Gasteiger partial charge is 0.295 e. The summed E-state index contributed by atoms with van der Waals surface area (Å²) in [7, 11) is 0. The van der Waals surface area contributed by atoms with Crippen molar-refractivity contribution in [1.29, 1.82) is 0 Å². The number of halogens is 3. The second kappa shape index (κ2) is 5.20. The van der Waals surface area contributed by atoms with Gasteiger partial charge in [0, 0.05) is 12.6 Å². The molecule has 1 atom stereocenters. The zero-order chi connectivity index (χ0) is 14.0. The summed E-state index contributed by atoms with van der Waals surface area (Å²) >= 11 is 1.05. The van der Waals surface area contributed by atoms with E-state index in [-0.39, 0.29) is 12.3 Å². The minimum absolute atomic E-state index is 0.226. The molecule has 2 heterocycles. The summed E-state index contributed by atoms with van der Waals surface area (Å²) in [6.07, 6.45) is -3.11. The van der Waals surface area contributed by atoms with Crippen LogP contribution in [0.15, 0.2) is 23.4 Å². The van der Waals surface area contributed by atoms with E-state index in [1.165, 1.54) is 6.07 Å². The molecule has 1 aromatic heterocycles. The van der Waals surface area contributed by atoms with Gasteiger partial charge in [0.15, 0.2) is 0 Å². The lowest BCUT2D eigenvalue weighted by Crippen LogP contribution is -2.42. The molecule has 0 radical (unpaired) electrons. The van der Waals surface area contributed by atoms with Gasteiger partial charge < -0.3 is 0 Å². The van der Waals surface area contributed by atoms with Crippen LogP contribution in [0.1, 0.15) is 18.4 Å². The van der Waals surface area contributed by atoms with Crippen molar-refractivity contribution >= 4 is 23.6 Å². The van der Waals surface area contributed by atoms with E-state index in [1.807, 2.05) is 0 Å². The van der Waals surface area contributed by atoms with Crippen molar-refractivity contribution in [2.75, 3.05) is 0 Å². The molecule has 4 nitrogen and oxygen atoms in total. The number of amides is 2. The van der Waals surface area contributed by atoms with Crippen molar-refractivity contribution in [2.45, 2.75) is 29.3 Å². The number of alkyl halides is 3. The standard InChI is InChI=1S/C11H9F3N2O2S/c12-11(13,14)6-1-4-9(15-5-6)19-7-2-3-8(17)16-10(7)18/h1,4-5,7H,2-3H2,(H,16,17,18). The molecule has 8 heteroatoms. The number of hydrogen-bond acceptors (Lipinski definition) is 4. The largest absolute Gasteiger partial charge is 0.417 e. The molecule has 102 valence electrons. The monoisotopic (exact) mass is 290 g/mol. The van der Waals surface area contributed by atoms with Gasteiger partial charge in [-0.25, -0.2) is 4.98 Å². The average molecular weight is 290 g/mol. The fourth-order valence-electron chi connectivity index (χ4n) is 1.55. The van der Waals surface area contributed by atoms with Gasteiger partial charge in [-0.15, -0.1) is 0 Å². The Balaban J connectivity index is 2.04. The topological polar surface area (TPSA) is 59.1 Å². The molecule has 1 saturated heterocycles. The first kappa shape index (κ1) is 13.9. The molecule has 1 aromatic rings. The number of carbonyl (C=O) groups excluding carboxylic acids is 2. The van der Waals surface area contributed by atoms with E-state index in [0.717, 1.165) is 24.0 Å². The van der Waals surface area contributed by atoms with Gasteiger partial charge in [-0.2, -0.15) is 13.2 Å². The number of carbonyl (C=O) groups is 2. The van der Waals surface area contributed by atoms with E-state index in [2.05, 4.69) is 10.3 Å². The van der Waals surface area contributed by atoms with Crippen molar-refractivity contribution in [3.63, 3.8) is 0 Å². The molecule has 0 aliphatic carbocycles. The van der Waals surface area contributed by atoms with Gasteiger partial charge in [0.25, 0.3) is 0 Å². The molecule has 1 aliphatic rings. The van der Waals surface area contributed by atoms with Crippen molar-refractivity contribution in [3.8, 4) is 0 Å². The second-order valence-corrected chi connectivity index (χ2v) is 5.16. The first-order valence-electron chi connectivity index (χ1n) is 5.40. The molecule has 1 unspecified atom stereocenters. The van der Waals surface area contributed by atoms with Gasteiger partial charge in [-0.1, -0.05) is 11.8 Å². The Bertz CT molecular complexity index is 502. The number of nitrogens with zero attached hydrogens (tertiary/aromatic N) is 1. The number of pyridine rings is 1. The summed E-state index contributed by atoms with van der Waals surface area (Å²) in [6.45, 7) is 0. The van der Waals surface area contributed by atoms with Crippen molar-refractivity contribution in [1.82, 2.24) is 10.3 Å². The van der Waals surface area contributed by atoms with Gasteiger partial charge >= 0.3 is 6.18 Å². The van der Waals surface area contributed by atoms with Crippen molar-refractivity contribution in [2.24, 2.45) is 0 Å². The minimum Gasteiger partial charge on any atom is -0.295 e. The average Bonchev–Trinajstić information content (AvgIpc) is 2.32. The third kappa shape index (κ3) is 3.46. The first-order chi connectivity index (χ1) is 8.86. The lowest BCUT2D eigenvalue weighted by atomic mass is 10.1. The molecule has 0 saturated carbocycles. The van der Waals surface area contributed by atoms with Crippen LogP contribution in [0.25, 0.3) is 0 Å². The lowest BCUT2D eigenvalue weighted by Gasteiger charge is -2.19. The van der Waals surface area contributed by atoms with E-state index in [0.29, 0.717) is 11.4 Å². The molecule has 0 spiro atoms. The number of piperidine rings is 1. The van der Waals surface area contributed by atoms with E-state index < -0.39 is 22.9 Å². The van der Waals surface area contributed by atoms with Gasteiger partial charge in [-0.3, -0.25) is 14.9 Å². The lowest BCUT2D eigenvalue weighted by molar-refractivity contribution is -0.138. The van der Waals surface area contributed by atoms with E-state index in [4.69, 9.17) is 0 Å². The Hall–Kier alpha value is -1.57. The molecule has 1 aliphatic heterocycles. The Morgan fingerprint density at radius 3 is 2.58 bits per heavy atom. The maximum atomic E-state index is 12.3. The first-order valence-corrected chi connectivity index (χ1v) is 6.28. The number of thioether (sulfide) groups is 1. The summed E-state index contributed by atoms with van der Waals surface area (Å²) in [5.74, 6) is -0.759. The summed E-state index contributed by atoms with van der Waals surface area (Å²) < 4.78 is 37.0. The molecule has 1 N–H and O–H groups in total. The van der Waals surface area contributed by atoms with Crippen molar-refractivity contribution < 1.29 is 22.8 Å². The van der Waals surface area contributed by atoms with Crippen LogP contribution in [0.3, 0.4) is 0 Å². The number of rotatable bonds is 2. The summed E-state index contributed by atoms with van der Waals surface area (Å²) in [5, 5.41) is 2.00. The molecule has 1 fully saturated rings. The third-order valence-electron chi connectivity index (χ3n) is 2.52. The molecular formula is C11H9F3N2O2S. The Kier molecular flexibility index (Phi) is 3.79. The summed E-state index contributed by atoms with van der Waals surface area (Å²) in [4.78, 5) is 26.1. The van der Waals surface area contributed by atoms with Crippen LogP contribution in [0, 0.1) is 0 Å². The van der Waals surface area contributed by atoms with E-state index >= 15 is 0 Å². The quantitative estimate of drug-likeness (QED) is 0.846. The highest BCUT2D eigenvalue weighted by Crippen LogP contribution is 2.31. The molecule has 2 amide bonds. The zero-order valence-electron chi connectivity index (χ0n) is 9.53. The Morgan fingerprint density at radius 2 is 2.05 bits per heavy atom. The number of aromatic nitrogens is 1. The highest BCUT2D eigenvalue weighted by Gasteiger charge is 2.31. The van der Waals surface area contributed by atoms with Crippen LogP contribution in [0.2, 0.25) is 0 Å². The number of imide groups is 1. The maximum absolute atomic E-state index is 12.3. The van der Waals surface area contributed by atoms with Crippen LogP contribution < -0.4 is 5.32 Å². The maximum Gasteiger partial charge on any atom is 0.417 e. The third-order valence-corrected chi connectivity index (χ3v) is 3.73.